The van der Waals surface area contributed by atoms with Crippen molar-refractivity contribution in [3.8, 4) is 0 Å². The van der Waals surface area contributed by atoms with Crippen LogP contribution in [0.15, 0.2) is 66.6 Å². The van der Waals surface area contributed by atoms with Crippen molar-refractivity contribution in [3.63, 3.8) is 0 Å². The number of rotatable bonds is 9. The van der Waals surface area contributed by atoms with Crippen LogP contribution in [0.4, 0.5) is 0 Å². The molecule has 38 heavy (non-hydrogen) atoms. The van der Waals surface area contributed by atoms with Gasteiger partial charge in [-0.2, -0.15) is 0 Å². The number of amides is 1. The molecule has 2 aromatic carbocycles. The highest BCUT2D eigenvalue weighted by Crippen LogP contribution is 2.42. The Hall–Kier alpha value is -3.95. The fourth-order valence-corrected chi connectivity index (χ4v) is 5.19. The molecule has 0 bridgehead atoms. The highest BCUT2D eigenvalue weighted by molar-refractivity contribution is 5.95. The van der Waals surface area contributed by atoms with Crippen molar-refractivity contribution in [2.75, 3.05) is 13.2 Å². The molecule has 9 nitrogen and oxygen atoms in total. The summed E-state index contributed by atoms with van der Waals surface area (Å²) < 4.78 is 13.7. The van der Waals surface area contributed by atoms with Gasteiger partial charge in [0.15, 0.2) is 5.76 Å². The van der Waals surface area contributed by atoms with Gasteiger partial charge in [-0.3, -0.25) is 14.2 Å². The SMILES string of the molecule is CCO[C@@H]1OC(C(=O)NCc2nc3ccccc3[nH]2)=C[C@H](c2cn(C(C)=O)c3ccccc23)[C@H]1CCCO. The number of imidazole rings is 1. The lowest BCUT2D eigenvalue weighted by molar-refractivity contribution is -0.166. The number of carbonyl (C=O) groups excluding carboxylic acids is 2. The molecule has 0 saturated heterocycles. The lowest BCUT2D eigenvalue weighted by Crippen LogP contribution is -2.39. The number of aromatic amines is 1. The van der Waals surface area contributed by atoms with Gasteiger partial charge in [0.2, 0.25) is 12.2 Å². The van der Waals surface area contributed by atoms with Crippen LogP contribution in [0.1, 0.15) is 48.8 Å². The molecule has 1 amide bonds. The Balaban J connectivity index is 1.49. The monoisotopic (exact) mass is 516 g/mol. The first kappa shape index (κ1) is 25.7. The van der Waals surface area contributed by atoms with E-state index in [1.807, 2.05) is 67.7 Å². The van der Waals surface area contributed by atoms with Gasteiger partial charge in [-0.05, 0) is 49.6 Å². The Morgan fingerprint density at radius 3 is 2.74 bits per heavy atom. The molecule has 0 radical (unpaired) electrons. The third-order valence-electron chi connectivity index (χ3n) is 6.93. The summed E-state index contributed by atoms with van der Waals surface area (Å²) in [6.45, 7) is 4.04. The number of aromatic nitrogens is 3. The van der Waals surface area contributed by atoms with Gasteiger partial charge >= 0.3 is 0 Å². The van der Waals surface area contributed by atoms with E-state index in [1.165, 1.54) is 6.92 Å². The fourth-order valence-electron chi connectivity index (χ4n) is 5.19. The number of nitrogens with zero attached hydrogens (tertiary/aromatic N) is 2. The molecule has 3 N–H and O–H groups in total. The second-order valence-electron chi connectivity index (χ2n) is 9.40. The summed E-state index contributed by atoms with van der Waals surface area (Å²) in [7, 11) is 0. The molecule has 9 heteroatoms. The minimum absolute atomic E-state index is 0.0336. The number of benzene rings is 2. The maximum Gasteiger partial charge on any atom is 0.286 e. The van der Waals surface area contributed by atoms with E-state index in [9.17, 15) is 14.7 Å². The number of H-pyrrole nitrogens is 1. The first-order chi connectivity index (χ1) is 18.5. The number of aliphatic hydroxyl groups excluding tert-OH is 1. The molecule has 3 atom stereocenters. The number of para-hydroxylation sites is 3. The van der Waals surface area contributed by atoms with Crippen molar-refractivity contribution in [2.24, 2.45) is 5.92 Å². The van der Waals surface area contributed by atoms with Gasteiger partial charge in [0.1, 0.15) is 5.82 Å². The molecule has 0 unspecified atom stereocenters. The zero-order valence-electron chi connectivity index (χ0n) is 21.5. The van der Waals surface area contributed by atoms with Crippen LogP contribution in [-0.4, -0.2) is 51.0 Å². The second kappa shape index (κ2) is 11.2. The van der Waals surface area contributed by atoms with Crippen LogP contribution in [0.3, 0.4) is 0 Å². The van der Waals surface area contributed by atoms with Crippen LogP contribution in [0, 0.1) is 5.92 Å². The minimum atomic E-state index is -0.687. The predicted molar refractivity (Wildman–Crippen MR) is 143 cm³/mol. The molecule has 5 rings (SSSR count). The van der Waals surface area contributed by atoms with E-state index in [0.717, 1.165) is 27.5 Å². The average Bonchev–Trinajstić information content (AvgIpc) is 3.52. The highest BCUT2D eigenvalue weighted by atomic mass is 16.7. The Kier molecular flexibility index (Phi) is 7.57. The molecule has 0 aliphatic carbocycles. The maximum absolute atomic E-state index is 13.3. The number of hydrogen-bond donors (Lipinski definition) is 3. The standard InChI is InChI=1S/C29H32N4O5/c1-3-37-29-20(10-8-14-34)21(22-17-33(18(2)35)25-13-7-4-9-19(22)25)15-26(38-29)28(36)30-16-27-31-23-11-5-6-12-24(23)32-27/h4-7,9,11-13,15,17,20-21,29,34H,3,8,10,14,16H2,1-2H3,(H,30,36)(H,31,32)/t20-,21+,29-/m1/s1. The van der Waals surface area contributed by atoms with Gasteiger partial charge < -0.3 is 24.9 Å². The van der Waals surface area contributed by atoms with E-state index in [2.05, 4.69) is 15.3 Å². The van der Waals surface area contributed by atoms with Crippen molar-refractivity contribution in [1.82, 2.24) is 19.9 Å². The predicted octanol–water partition coefficient (Wildman–Crippen LogP) is 4.24. The van der Waals surface area contributed by atoms with Gasteiger partial charge in [0, 0.05) is 43.6 Å². The van der Waals surface area contributed by atoms with Crippen LogP contribution < -0.4 is 5.32 Å². The average molecular weight is 517 g/mol. The molecule has 0 spiro atoms. The number of hydrogen-bond acceptors (Lipinski definition) is 6. The second-order valence-corrected chi connectivity index (χ2v) is 9.40. The molecular weight excluding hydrogens is 484 g/mol. The van der Waals surface area contributed by atoms with Crippen LogP contribution in [0.2, 0.25) is 0 Å². The number of allylic oxidation sites excluding steroid dienone is 1. The summed E-state index contributed by atoms with van der Waals surface area (Å²) in [5.74, 6) is -0.121. The summed E-state index contributed by atoms with van der Waals surface area (Å²) in [5.41, 5.74) is 3.44. The zero-order chi connectivity index (χ0) is 26.6. The van der Waals surface area contributed by atoms with Crippen LogP contribution >= 0.6 is 0 Å². The maximum atomic E-state index is 13.3. The lowest BCUT2D eigenvalue weighted by Gasteiger charge is -2.36. The Bertz CT molecular complexity index is 1450. The van der Waals surface area contributed by atoms with Gasteiger partial charge in [0.25, 0.3) is 5.91 Å². The number of nitrogens with one attached hydrogen (secondary N) is 2. The summed E-state index contributed by atoms with van der Waals surface area (Å²) in [6, 6.07) is 15.4. The Morgan fingerprint density at radius 2 is 1.97 bits per heavy atom. The largest absolute Gasteiger partial charge is 0.459 e. The molecule has 4 aromatic rings. The summed E-state index contributed by atoms with van der Waals surface area (Å²) in [5, 5.41) is 13.4. The van der Waals surface area contributed by atoms with Crippen LogP contribution in [0.25, 0.3) is 21.9 Å². The van der Waals surface area contributed by atoms with Crippen LogP contribution in [0.5, 0.6) is 0 Å². The number of carbonyl (C=O) groups is 2. The van der Waals surface area contributed by atoms with Gasteiger partial charge in [-0.1, -0.05) is 30.3 Å². The third kappa shape index (κ3) is 5.07. The molecule has 0 fully saturated rings. The fraction of sp³-hybridized carbons (Fsp3) is 0.345. The minimum Gasteiger partial charge on any atom is -0.459 e. The van der Waals surface area contributed by atoms with E-state index in [0.29, 0.717) is 25.3 Å². The topological polar surface area (TPSA) is 118 Å². The smallest absolute Gasteiger partial charge is 0.286 e. The molecule has 1 aliphatic rings. The number of ether oxygens (including phenoxy) is 2. The van der Waals surface area contributed by atoms with Crippen molar-refractivity contribution in [2.45, 2.75) is 45.4 Å². The third-order valence-corrected chi connectivity index (χ3v) is 6.93. The molecular formula is C29H32N4O5. The van der Waals surface area contributed by atoms with Gasteiger partial charge in [0.05, 0.1) is 23.1 Å². The molecule has 0 saturated carbocycles. The van der Waals surface area contributed by atoms with E-state index < -0.39 is 6.29 Å². The Morgan fingerprint density at radius 1 is 1.18 bits per heavy atom. The highest BCUT2D eigenvalue weighted by Gasteiger charge is 2.39. The molecule has 198 valence electrons. The summed E-state index contributed by atoms with van der Waals surface area (Å²) in [4.78, 5) is 33.5. The quantitative estimate of drug-likeness (QED) is 0.306. The van der Waals surface area contributed by atoms with Crippen molar-refractivity contribution in [3.05, 3.63) is 78.0 Å². The van der Waals surface area contributed by atoms with Crippen molar-refractivity contribution < 1.29 is 24.2 Å². The Labute approximate surface area is 220 Å². The van der Waals surface area contributed by atoms with Gasteiger partial charge in [-0.15, -0.1) is 0 Å². The molecule has 3 heterocycles. The lowest BCUT2D eigenvalue weighted by atomic mass is 9.80. The van der Waals surface area contributed by atoms with E-state index in [4.69, 9.17) is 9.47 Å². The first-order valence-corrected chi connectivity index (χ1v) is 12.9. The van der Waals surface area contributed by atoms with Gasteiger partial charge in [-0.25, -0.2) is 4.98 Å². The van der Waals surface area contributed by atoms with Crippen molar-refractivity contribution in [1.29, 1.82) is 0 Å². The van der Waals surface area contributed by atoms with E-state index in [-0.39, 0.29) is 42.6 Å². The van der Waals surface area contributed by atoms with E-state index >= 15 is 0 Å². The van der Waals surface area contributed by atoms with E-state index in [1.54, 1.807) is 4.57 Å². The summed E-state index contributed by atoms with van der Waals surface area (Å²) in [6.07, 6.45) is 4.15. The molecule has 2 aromatic heterocycles. The van der Waals surface area contributed by atoms with Crippen LogP contribution in [-0.2, 0) is 20.8 Å². The van der Waals surface area contributed by atoms with Crippen molar-refractivity contribution >= 4 is 33.8 Å². The number of fused-ring (bicyclic) bond motifs is 2. The molecule has 1 aliphatic heterocycles. The number of aliphatic hydroxyl groups is 1. The normalized spacial score (nSPS) is 19.3. The summed E-state index contributed by atoms with van der Waals surface area (Å²) >= 11 is 0. The zero-order valence-corrected chi connectivity index (χ0v) is 21.5. The first-order valence-electron chi connectivity index (χ1n) is 12.9.